The second kappa shape index (κ2) is 3.28. The van der Waals surface area contributed by atoms with Gasteiger partial charge in [0.15, 0.2) is 0 Å². The van der Waals surface area contributed by atoms with Crippen molar-refractivity contribution < 1.29 is 0 Å². The minimum absolute atomic E-state index is 0.965. The molecule has 48 valence electrons. The number of aromatic nitrogens is 1. The van der Waals surface area contributed by atoms with Gasteiger partial charge >= 0.3 is 0 Å². The Morgan fingerprint density at radius 1 is 1.56 bits per heavy atom. The first-order chi connectivity index (χ1) is 4.33. The summed E-state index contributed by atoms with van der Waals surface area (Å²) < 4.78 is 1.04. The monoisotopic (exact) mass is 203 g/mol. The van der Waals surface area contributed by atoms with Crippen molar-refractivity contribution in [1.82, 2.24) is 4.98 Å². The van der Waals surface area contributed by atoms with Gasteiger partial charge < -0.3 is 0 Å². The Balaban J connectivity index is 2.94. The lowest BCUT2D eigenvalue weighted by Crippen LogP contribution is -1.78. The van der Waals surface area contributed by atoms with E-state index in [1.807, 2.05) is 6.20 Å². The average molecular weight is 204 g/mol. The van der Waals surface area contributed by atoms with Crippen molar-refractivity contribution in [2.75, 3.05) is 0 Å². The highest BCUT2D eigenvalue weighted by Gasteiger charge is 1.88. The van der Waals surface area contributed by atoms with E-state index >= 15 is 0 Å². The molecule has 0 spiro atoms. The lowest BCUT2D eigenvalue weighted by atomic mass is 10.3. The molecular weight excluding hydrogens is 197 g/mol. The molecule has 0 aliphatic carbocycles. The molecule has 1 aromatic rings. The van der Waals surface area contributed by atoms with Crippen LogP contribution in [-0.2, 0) is 6.16 Å². The molecule has 0 aliphatic rings. The van der Waals surface area contributed by atoms with E-state index in [0.29, 0.717) is 0 Å². The highest BCUT2D eigenvalue weighted by atomic mass is 79.9. The van der Waals surface area contributed by atoms with Gasteiger partial charge in [-0.2, -0.15) is 0 Å². The Morgan fingerprint density at radius 3 is 2.78 bits per heavy atom. The first-order valence-corrected chi connectivity index (χ1v) is 4.23. The van der Waals surface area contributed by atoms with Gasteiger partial charge in [-0.15, -0.1) is 9.24 Å². The van der Waals surface area contributed by atoms with Gasteiger partial charge in [0.2, 0.25) is 0 Å². The number of pyridine rings is 1. The minimum atomic E-state index is 0.965. The fourth-order valence-electron chi connectivity index (χ4n) is 0.567. The Labute approximate surface area is 65.2 Å². The molecule has 1 rings (SSSR count). The van der Waals surface area contributed by atoms with Gasteiger partial charge in [0.05, 0.1) is 0 Å². The van der Waals surface area contributed by atoms with Crippen LogP contribution in [-0.4, -0.2) is 4.98 Å². The molecule has 1 nitrogen and oxygen atoms in total. The van der Waals surface area contributed by atoms with Crippen LogP contribution in [0.3, 0.4) is 0 Å². The van der Waals surface area contributed by atoms with Crippen LogP contribution in [0.2, 0.25) is 0 Å². The topological polar surface area (TPSA) is 12.9 Å². The molecular formula is C6H7BrNP. The molecule has 0 N–H and O–H groups in total. The summed E-state index contributed by atoms with van der Waals surface area (Å²) in [5, 5.41) is 0. The third-order valence-electron chi connectivity index (χ3n) is 0.997. The van der Waals surface area contributed by atoms with Crippen molar-refractivity contribution in [3.8, 4) is 0 Å². The smallest absolute Gasteiger partial charge is 0.0410 e. The molecule has 0 saturated heterocycles. The Hall–Kier alpha value is 0.0600. The van der Waals surface area contributed by atoms with E-state index in [1.165, 1.54) is 5.56 Å². The zero-order valence-electron chi connectivity index (χ0n) is 4.84. The molecule has 1 heterocycles. The summed E-state index contributed by atoms with van der Waals surface area (Å²) in [7, 11) is 2.66. The number of nitrogens with zero attached hydrogens (tertiary/aromatic N) is 1. The maximum atomic E-state index is 3.99. The Bertz CT molecular complexity index is 202. The summed E-state index contributed by atoms with van der Waals surface area (Å²) in [6.07, 6.45) is 4.61. The van der Waals surface area contributed by atoms with Crippen LogP contribution in [0, 0.1) is 0 Å². The summed E-state index contributed by atoms with van der Waals surface area (Å²) >= 11 is 3.33. The van der Waals surface area contributed by atoms with Gasteiger partial charge in [0.1, 0.15) is 0 Å². The fraction of sp³-hybridized carbons (Fsp3) is 0.167. The minimum Gasteiger partial charge on any atom is -0.263 e. The van der Waals surface area contributed by atoms with Gasteiger partial charge in [-0.05, 0) is 33.7 Å². The zero-order valence-corrected chi connectivity index (χ0v) is 7.58. The fourth-order valence-corrected chi connectivity index (χ4v) is 1.20. The van der Waals surface area contributed by atoms with E-state index in [1.54, 1.807) is 6.20 Å². The molecule has 0 fully saturated rings. The van der Waals surface area contributed by atoms with Crippen LogP contribution >= 0.6 is 25.2 Å². The standard InChI is InChI=1S/C6H7BrNP/c7-6-1-5(4-9)2-8-3-6/h1-3H,4,9H2. The van der Waals surface area contributed by atoms with Crippen LogP contribution in [0.5, 0.6) is 0 Å². The SMILES string of the molecule is PCc1cncc(Br)c1. The summed E-state index contributed by atoms with van der Waals surface area (Å²) in [6, 6.07) is 2.06. The van der Waals surface area contributed by atoms with Crippen molar-refractivity contribution >= 4 is 25.2 Å². The van der Waals surface area contributed by atoms with E-state index in [9.17, 15) is 0 Å². The van der Waals surface area contributed by atoms with E-state index in [-0.39, 0.29) is 0 Å². The lowest BCUT2D eigenvalue weighted by Gasteiger charge is -1.93. The highest BCUT2D eigenvalue weighted by molar-refractivity contribution is 9.10. The van der Waals surface area contributed by atoms with Crippen LogP contribution in [0.4, 0.5) is 0 Å². The second-order valence-corrected chi connectivity index (χ2v) is 3.04. The van der Waals surface area contributed by atoms with Gasteiger partial charge in [-0.3, -0.25) is 4.98 Å². The van der Waals surface area contributed by atoms with Crippen LogP contribution in [0.1, 0.15) is 5.56 Å². The van der Waals surface area contributed by atoms with Crippen molar-refractivity contribution in [1.29, 1.82) is 0 Å². The zero-order chi connectivity index (χ0) is 6.69. The van der Waals surface area contributed by atoms with Crippen LogP contribution in [0.15, 0.2) is 22.9 Å². The van der Waals surface area contributed by atoms with Crippen molar-refractivity contribution in [3.63, 3.8) is 0 Å². The number of rotatable bonds is 1. The van der Waals surface area contributed by atoms with Gasteiger partial charge in [0.25, 0.3) is 0 Å². The van der Waals surface area contributed by atoms with E-state index in [4.69, 9.17) is 0 Å². The first kappa shape index (κ1) is 7.17. The van der Waals surface area contributed by atoms with Crippen molar-refractivity contribution in [2.45, 2.75) is 6.16 Å². The lowest BCUT2D eigenvalue weighted by molar-refractivity contribution is 1.24. The molecule has 3 heteroatoms. The summed E-state index contributed by atoms with van der Waals surface area (Å²) in [5.41, 5.74) is 1.23. The quantitative estimate of drug-likeness (QED) is 0.639. The predicted octanol–water partition coefficient (Wildman–Crippen LogP) is 2.22. The first-order valence-electron chi connectivity index (χ1n) is 2.62. The highest BCUT2D eigenvalue weighted by Crippen LogP contribution is 2.11. The molecule has 1 atom stereocenters. The molecule has 0 radical (unpaired) electrons. The van der Waals surface area contributed by atoms with Crippen LogP contribution < -0.4 is 0 Å². The largest absolute Gasteiger partial charge is 0.263 e. The third-order valence-corrected chi connectivity index (χ3v) is 1.90. The molecule has 0 aromatic carbocycles. The number of halogens is 1. The maximum absolute atomic E-state index is 3.99. The maximum Gasteiger partial charge on any atom is 0.0410 e. The molecule has 0 saturated carbocycles. The molecule has 9 heavy (non-hydrogen) atoms. The Morgan fingerprint density at radius 2 is 2.33 bits per heavy atom. The van der Waals surface area contributed by atoms with Gasteiger partial charge in [-0.1, -0.05) is 0 Å². The summed E-state index contributed by atoms with van der Waals surface area (Å²) in [4.78, 5) is 3.99. The van der Waals surface area contributed by atoms with Crippen molar-refractivity contribution in [3.05, 3.63) is 28.5 Å². The molecule has 0 bridgehead atoms. The summed E-state index contributed by atoms with van der Waals surface area (Å²) in [5.74, 6) is 0. The van der Waals surface area contributed by atoms with E-state index in [0.717, 1.165) is 10.6 Å². The number of hydrogen-bond donors (Lipinski definition) is 0. The molecule has 0 aliphatic heterocycles. The number of hydrogen-bond acceptors (Lipinski definition) is 1. The molecule has 0 amide bonds. The second-order valence-electron chi connectivity index (χ2n) is 1.72. The average Bonchev–Trinajstić information content (AvgIpc) is 1.88. The Kier molecular flexibility index (Phi) is 2.62. The predicted molar refractivity (Wildman–Crippen MR) is 45.4 cm³/mol. The normalized spacial score (nSPS) is 9.56. The van der Waals surface area contributed by atoms with Gasteiger partial charge in [-0.25, -0.2) is 0 Å². The van der Waals surface area contributed by atoms with E-state index in [2.05, 4.69) is 36.2 Å². The van der Waals surface area contributed by atoms with Gasteiger partial charge in [0, 0.05) is 16.9 Å². The van der Waals surface area contributed by atoms with E-state index < -0.39 is 0 Å². The molecule has 1 aromatic heterocycles. The molecule has 1 unspecified atom stereocenters. The summed E-state index contributed by atoms with van der Waals surface area (Å²) in [6.45, 7) is 0. The third kappa shape index (κ3) is 2.04. The van der Waals surface area contributed by atoms with Crippen molar-refractivity contribution in [2.24, 2.45) is 0 Å². The van der Waals surface area contributed by atoms with Crippen LogP contribution in [0.25, 0.3) is 0 Å².